The molecule has 2 N–H and O–H groups in total. The summed E-state index contributed by atoms with van der Waals surface area (Å²) in [5, 5.41) is 13.1. The summed E-state index contributed by atoms with van der Waals surface area (Å²) in [5.74, 6) is 1.46. The quantitative estimate of drug-likeness (QED) is 0.875. The predicted octanol–water partition coefficient (Wildman–Crippen LogP) is 2.40. The van der Waals surface area contributed by atoms with Gasteiger partial charge in [0.05, 0.1) is 11.9 Å². The van der Waals surface area contributed by atoms with E-state index < -0.39 is 5.60 Å². The smallest absolute Gasteiger partial charge is 0.253 e. The number of piperidine rings is 1. The van der Waals surface area contributed by atoms with Crippen molar-refractivity contribution in [2.45, 2.75) is 45.1 Å². The number of pyridine rings is 1. The first-order valence-corrected chi connectivity index (χ1v) is 8.87. The van der Waals surface area contributed by atoms with Crippen LogP contribution < -0.4 is 5.32 Å². The van der Waals surface area contributed by atoms with Crippen molar-refractivity contribution >= 4 is 17.5 Å². The predicted molar refractivity (Wildman–Crippen MR) is 99.1 cm³/mol. The molecule has 0 aromatic carbocycles. The number of nitrogens with one attached hydrogen (secondary N) is 1. The molecule has 26 heavy (non-hydrogen) atoms. The minimum atomic E-state index is -1.32. The largest absolute Gasteiger partial charge is 0.381 e. The molecule has 7 nitrogen and oxygen atoms in total. The molecule has 0 atom stereocenters. The lowest BCUT2D eigenvalue weighted by Crippen LogP contribution is -2.48. The van der Waals surface area contributed by atoms with Gasteiger partial charge in [0.15, 0.2) is 0 Å². The number of nitrogens with zero attached hydrogens (tertiary/aromatic N) is 4. The van der Waals surface area contributed by atoms with E-state index in [4.69, 9.17) is 0 Å². The lowest BCUT2D eigenvalue weighted by molar-refractivity contribution is -0.148. The van der Waals surface area contributed by atoms with Gasteiger partial charge in [0.2, 0.25) is 0 Å². The average molecular weight is 355 g/mol. The van der Waals surface area contributed by atoms with Crippen LogP contribution in [0.1, 0.15) is 43.9 Å². The molecular weight excluding hydrogens is 330 g/mol. The zero-order valence-electron chi connectivity index (χ0n) is 15.4. The zero-order chi connectivity index (χ0) is 18.7. The highest BCUT2D eigenvalue weighted by molar-refractivity contribution is 5.84. The van der Waals surface area contributed by atoms with Crippen molar-refractivity contribution in [3.8, 4) is 0 Å². The molecule has 0 bridgehead atoms. The number of aryl methyl sites for hydroxylation is 1. The Kier molecular flexibility index (Phi) is 5.18. The number of hydrogen-bond acceptors (Lipinski definition) is 6. The number of carbonyl (C=O) groups excluding carboxylic acids is 1. The Bertz CT molecular complexity index is 779. The van der Waals surface area contributed by atoms with E-state index in [0.717, 1.165) is 29.9 Å². The maximum absolute atomic E-state index is 12.2. The Hall–Kier alpha value is -2.54. The highest BCUT2D eigenvalue weighted by Gasteiger charge is 2.32. The van der Waals surface area contributed by atoms with Crippen LogP contribution in [0.3, 0.4) is 0 Å². The van der Waals surface area contributed by atoms with Crippen LogP contribution in [-0.4, -0.2) is 49.6 Å². The Balaban J connectivity index is 1.66. The number of anilines is 2. The fraction of sp³-hybridized carbons (Fsp3) is 0.474. The summed E-state index contributed by atoms with van der Waals surface area (Å²) in [6, 6.07) is 3.88. The third kappa shape index (κ3) is 4.16. The topological polar surface area (TPSA) is 91.2 Å². The van der Waals surface area contributed by atoms with E-state index in [1.165, 1.54) is 13.8 Å². The molecule has 3 rings (SSSR count). The molecule has 1 aliphatic heterocycles. The van der Waals surface area contributed by atoms with Gasteiger partial charge in [0.1, 0.15) is 17.2 Å². The molecule has 2 aromatic rings. The molecular formula is C19H25N5O2. The normalized spacial score (nSPS) is 15.8. The number of hydrogen-bond donors (Lipinski definition) is 2. The first kappa shape index (κ1) is 18.3. The number of aliphatic hydroxyl groups is 1. The molecule has 0 saturated carbocycles. The van der Waals surface area contributed by atoms with Crippen molar-refractivity contribution in [3.05, 3.63) is 42.0 Å². The van der Waals surface area contributed by atoms with Crippen LogP contribution in [0.15, 0.2) is 30.7 Å². The van der Waals surface area contributed by atoms with Gasteiger partial charge in [-0.15, -0.1) is 0 Å². The highest BCUT2D eigenvalue weighted by Crippen LogP contribution is 2.28. The van der Waals surface area contributed by atoms with Gasteiger partial charge in [-0.3, -0.25) is 9.78 Å². The second-order valence-electron chi connectivity index (χ2n) is 7.25. The van der Waals surface area contributed by atoms with Gasteiger partial charge >= 0.3 is 0 Å². The van der Waals surface area contributed by atoms with Crippen molar-refractivity contribution in [1.29, 1.82) is 0 Å². The van der Waals surface area contributed by atoms with Crippen LogP contribution in [0.5, 0.6) is 0 Å². The molecule has 7 heteroatoms. The zero-order valence-corrected chi connectivity index (χ0v) is 15.4. The van der Waals surface area contributed by atoms with Gasteiger partial charge < -0.3 is 15.3 Å². The van der Waals surface area contributed by atoms with Crippen molar-refractivity contribution in [2.24, 2.45) is 0 Å². The van der Waals surface area contributed by atoms with E-state index in [1.54, 1.807) is 23.5 Å². The maximum Gasteiger partial charge on any atom is 0.253 e. The molecule has 2 aromatic heterocycles. The van der Waals surface area contributed by atoms with Crippen LogP contribution in [-0.2, 0) is 4.79 Å². The number of carbonyl (C=O) groups is 1. The van der Waals surface area contributed by atoms with Crippen LogP contribution >= 0.6 is 0 Å². The fourth-order valence-electron chi connectivity index (χ4n) is 3.14. The molecule has 0 unspecified atom stereocenters. The third-order valence-electron chi connectivity index (χ3n) is 4.63. The molecule has 0 radical (unpaired) electrons. The molecule has 0 spiro atoms. The van der Waals surface area contributed by atoms with Gasteiger partial charge in [-0.25, -0.2) is 9.97 Å². The van der Waals surface area contributed by atoms with E-state index in [9.17, 15) is 9.90 Å². The Labute approximate surface area is 153 Å². The lowest BCUT2D eigenvalue weighted by Gasteiger charge is -2.34. The van der Waals surface area contributed by atoms with Crippen molar-refractivity contribution in [3.63, 3.8) is 0 Å². The number of aromatic nitrogens is 3. The molecule has 3 heterocycles. The Morgan fingerprint density at radius 3 is 2.69 bits per heavy atom. The summed E-state index contributed by atoms with van der Waals surface area (Å²) in [6.07, 6.45) is 6.83. The Morgan fingerprint density at radius 2 is 2.04 bits per heavy atom. The van der Waals surface area contributed by atoms with Gasteiger partial charge in [0.25, 0.3) is 5.91 Å². The number of amides is 1. The minimum absolute atomic E-state index is 0.219. The molecule has 1 aliphatic rings. The van der Waals surface area contributed by atoms with Crippen LogP contribution in [0.2, 0.25) is 0 Å². The second kappa shape index (κ2) is 7.37. The second-order valence-corrected chi connectivity index (χ2v) is 7.25. The molecule has 1 saturated heterocycles. The number of likely N-dealkylation sites (tertiary alicyclic amines) is 1. The van der Waals surface area contributed by atoms with Crippen molar-refractivity contribution in [1.82, 2.24) is 19.9 Å². The van der Waals surface area contributed by atoms with E-state index >= 15 is 0 Å². The van der Waals surface area contributed by atoms with Crippen molar-refractivity contribution in [2.75, 3.05) is 18.4 Å². The van der Waals surface area contributed by atoms with Crippen LogP contribution in [0.4, 0.5) is 11.6 Å². The first-order valence-electron chi connectivity index (χ1n) is 8.87. The van der Waals surface area contributed by atoms with Crippen LogP contribution in [0.25, 0.3) is 0 Å². The van der Waals surface area contributed by atoms with E-state index in [0.29, 0.717) is 18.9 Å². The van der Waals surface area contributed by atoms with E-state index in [1.807, 2.05) is 19.1 Å². The van der Waals surface area contributed by atoms with Gasteiger partial charge in [-0.05, 0) is 45.2 Å². The van der Waals surface area contributed by atoms with Crippen LogP contribution in [0, 0.1) is 6.92 Å². The average Bonchev–Trinajstić information content (AvgIpc) is 2.63. The highest BCUT2D eigenvalue weighted by atomic mass is 16.3. The monoisotopic (exact) mass is 355 g/mol. The summed E-state index contributed by atoms with van der Waals surface area (Å²) in [5.41, 5.74) is 0.633. The summed E-state index contributed by atoms with van der Waals surface area (Å²) in [7, 11) is 0. The van der Waals surface area contributed by atoms with Crippen molar-refractivity contribution < 1.29 is 9.90 Å². The number of rotatable bonds is 4. The van der Waals surface area contributed by atoms with Gasteiger partial charge in [-0.1, -0.05) is 6.07 Å². The summed E-state index contributed by atoms with van der Waals surface area (Å²) >= 11 is 0. The summed E-state index contributed by atoms with van der Waals surface area (Å²) in [6.45, 7) is 6.28. The lowest BCUT2D eigenvalue weighted by atomic mass is 9.93. The van der Waals surface area contributed by atoms with E-state index in [2.05, 4.69) is 20.3 Å². The Morgan fingerprint density at radius 1 is 1.31 bits per heavy atom. The summed E-state index contributed by atoms with van der Waals surface area (Å²) < 4.78 is 0. The minimum Gasteiger partial charge on any atom is -0.381 e. The maximum atomic E-state index is 12.2. The summed E-state index contributed by atoms with van der Waals surface area (Å²) in [4.78, 5) is 27.2. The van der Waals surface area contributed by atoms with Gasteiger partial charge in [-0.2, -0.15) is 0 Å². The SMILES string of the molecule is Cc1cccnc1Nc1cncc(C2CCN(C(=O)C(C)(C)O)CC2)n1. The molecule has 138 valence electrons. The third-order valence-corrected chi connectivity index (χ3v) is 4.63. The molecule has 1 fully saturated rings. The first-order chi connectivity index (χ1) is 12.3. The standard InChI is InChI=1S/C19H25N5O2/c1-13-5-4-8-21-17(13)23-16-12-20-11-15(22-16)14-6-9-24(10-7-14)18(25)19(2,3)26/h4-5,8,11-12,14,26H,6-7,9-10H2,1-3H3,(H,21,22,23). The molecule has 1 amide bonds. The fourth-order valence-corrected chi connectivity index (χ4v) is 3.14. The van der Waals surface area contributed by atoms with E-state index in [-0.39, 0.29) is 11.8 Å². The van der Waals surface area contributed by atoms with Gasteiger partial charge in [0, 0.05) is 31.4 Å². The molecule has 0 aliphatic carbocycles.